The maximum atomic E-state index is 13.2. The SMILES string of the molecule is CC(C)c1ccccc1N=C1SCCCN1C(=O)[C@H]1COc2ccccc2O1. The van der Waals surface area contributed by atoms with Crippen LogP contribution in [0.25, 0.3) is 0 Å². The van der Waals surface area contributed by atoms with Gasteiger partial charge in [-0.3, -0.25) is 9.69 Å². The molecule has 6 heteroatoms. The summed E-state index contributed by atoms with van der Waals surface area (Å²) >= 11 is 1.62. The number of benzene rings is 2. The molecule has 1 saturated heterocycles. The standard InChI is InChI=1S/C22H24N2O3S/c1-15(2)16-8-3-4-9-17(16)23-22-24(12-7-13-28-22)21(25)20-14-26-18-10-5-6-11-19(18)27-20/h3-6,8-11,15,20H,7,12-14H2,1-2H3/t20-/m1/s1. The van der Waals surface area contributed by atoms with Crippen LogP contribution in [0.3, 0.4) is 0 Å². The molecule has 0 spiro atoms. The minimum Gasteiger partial charge on any atom is -0.485 e. The molecule has 2 heterocycles. The first kappa shape index (κ1) is 18.9. The summed E-state index contributed by atoms with van der Waals surface area (Å²) < 4.78 is 11.7. The number of aliphatic imine (C=N–C) groups is 1. The summed E-state index contributed by atoms with van der Waals surface area (Å²) in [6, 6.07) is 15.6. The van der Waals surface area contributed by atoms with Crippen LogP contribution in [0.1, 0.15) is 31.7 Å². The fraction of sp³-hybridized carbons (Fsp3) is 0.364. The van der Waals surface area contributed by atoms with Gasteiger partial charge in [0.2, 0.25) is 6.10 Å². The van der Waals surface area contributed by atoms with Crippen molar-refractivity contribution in [1.82, 2.24) is 4.90 Å². The summed E-state index contributed by atoms with van der Waals surface area (Å²) in [6.45, 7) is 5.17. The van der Waals surface area contributed by atoms with E-state index in [0.717, 1.165) is 23.0 Å². The Morgan fingerprint density at radius 3 is 2.71 bits per heavy atom. The third-order valence-corrected chi connectivity index (χ3v) is 5.88. The lowest BCUT2D eigenvalue weighted by Gasteiger charge is -2.33. The molecule has 4 rings (SSSR count). The van der Waals surface area contributed by atoms with E-state index in [1.165, 1.54) is 5.56 Å². The van der Waals surface area contributed by atoms with Gasteiger partial charge in [-0.15, -0.1) is 0 Å². The largest absolute Gasteiger partial charge is 0.485 e. The van der Waals surface area contributed by atoms with Crippen LogP contribution in [0.5, 0.6) is 11.5 Å². The molecule has 0 N–H and O–H groups in total. The zero-order valence-electron chi connectivity index (χ0n) is 16.1. The molecule has 2 aromatic rings. The van der Waals surface area contributed by atoms with E-state index in [0.29, 0.717) is 24.0 Å². The van der Waals surface area contributed by atoms with Crippen LogP contribution in [-0.2, 0) is 4.79 Å². The third-order valence-electron chi connectivity index (χ3n) is 4.81. The highest BCUT2D eigenvalue weighted by atomic mass is 32.2. The molecular formula is C22H24N2O3S. The topological polar surface area (TPSA) is 51.1 Å². The Balaban J connectivity index is 1.59. The van der Waals surface area contributed by atoms with Crippen LogP contribution in [0.4, 0.5) is 5.69 Å². The van der Waals surface area contributed by atoms with Gasteiger partial charge in [0, 0.05) is 12.3 Å². The smallest absolute Gasteiger partial charge is 0.273 e. The van der Waals surface area contributed by atoms with Crippen molar-refractivity contribution in [3.8, 4) is 11.5 Å². The van der Waals surface area contributed by atoms with Crippen LogP contribution in [0, 0.1) is 0 Å². The Kier molecular flexibility index (Phi) is 5.57. The van der Waals surface area contributed by atoms with Crippen LogP contribution >= 0.6 is 11.8 Å². The molecule has 0 unspecified atom stereocenters. The average Bonchev–Trinajstić information content (AvgIpc) is 2.73. The van der Waals surface area contributed by atoms with E-state index < -0.39 is 6.10 Å². The van der Waals surface area contributed by atoms with Gasteiger partial charge in [0.1, 0.15) is 6.61 Å². The second kappa shape index (κ2) is 8.27. The highest BCUT2D eigenvalue weighted by Gasteiger charge is 2.34. The van der Waals surface area contributed by atoms with E-state index in [-0.39, 0.29) is 12.5 Å². The highest BCUT2D eigenvalue weighted by Crippen LogP contribution is 2.33. The number of para-hydroxylation sites is 3. The van der Waals surface area contributed by atoms with Crippen molar-refractivity contribution < 1.29 is 14.3 Å². The summed E-state index contributed by atoms with van der Waals surface area (Å²) in [7, 11) is 0. The first-order valence-corrected chi connectivity index (χ1v) is 10.6. The van der Waals surface area contributed by atoms with E-state index >= 15 is 0 Å². The molecule has 5 nitrogen and oxygen atoms in total. The van der Waals surface area contributed by atoms with Gasteiger partial charge in [-0.05, 0) is 36.1 Å². The number of amides is 1. The number of hydrogen-bond donors (Lipinski definition) is 0. The van der Waals surface area contributed by atoms with Crippen molar-refractivity contribution in [2.24, 2.45) is 4.99 Å². The zero-order chi connectivity index (χ0) is 19.5. The maximum Gasteiger partial charge on any atom is 0.273 e. The molecule has 1 atom stereocenters. The normalized spacial score (nSPS) is 20.5. The molecule has 2 aliphatic heterocycles. The lowest BCUT2D eigenvalue weighted by Crippen LogP contribution is -2.49. The van der Waals surface area contributed by atoms with Gasteiger partial charge in [-0.25, -0.2) is 4.99 Å². The molecular weight excluding hydrogens is 372 g/mol. The molecule has 0 aliphatic carbocycles. The van der Waals surface area contributed by atoms with E-state index in [4.69, 9.17) is 14.5 Å². The van der Waals surface area contributed by atoms with Gasteiger partial charge >= 0.3 is 0 Å². The van der Waals surface area contributed by atoms with Crippen molar-refractivity contribution in [1.29, 1.82) is 0 Å². The Morgan fingerprint density at radius 1 is 1.14 bits per heavy atom. The number of amidine groups is 1. The second-order valence-electron chi connectivity index (χ2n) is 7.16. The summed E-state index contributed by atoms with van der Waals surface area (Å²) in [5.74, 6) is 2.52. The van der Waals surface area contributed by atoms with Crippen molar-refractivity contribution in [2.45, 2.75) is 32.3 Å². The minimum atomic E-state index is -0.654. The maximum absolute atomic E-state index is 13.2. The van der Waals surface area contributed by atoms with E-state index in [9.17, 15) is 4.79 Å². The van der Waals surface area contributed by atoms with Gasteiger partial charge < -0.3 is 9.47 Å². The number of thioether (sulfide) groups is 1. The Bertz CT molecular complexity index is 897. The Hall–Kier alpha value is -2.47. The number of carbonyl (C=O) groups excluding carboxylic acids is 1. The number of rotatable bonds is 3. The summed E-state index contributed by atoms with van der Waals surface area (Å²) in [4.78, 5) is 19.8. The van der Waals surface area contributed by atoms with Crippen molar-refractivity contribution >= 4 is 28.5 Å². The van der Waals surface area contributed by atoms with Crippen molar-refractivity contribution in [3.05, 3.63) is 54.1 Å². The molecule has 2 aliphatic rings. The molecule has 2 aromatic carbocycles. The molecule has 0 bridgehead atoms. The molecule has 28 heavy (non-hydrogen) atoms. The number of fused-ring (bicyclic) bond motifs is 1. The molecule has 0 radical (unpaired) electrons. The molecule has 0 saturated carbocycles. The number of hydrogen-bond acceptors (Lipinski definition) is 5. The van der Waals surface area contributed by atoms with Crippen LogP contribution in [-0.4, -0.2) is 41.0 Å². The summed E-state index contributed by atoms with van der Waals surface area (Å²) in [5, 5.41) is 0.742. The minimum absolute atomic E-state index is 0.0949. The average molecular weight is 397 g/mol. The van der Waals surface area contributed by atoms with Crippen LogP contribution in [0.2, 0.25) is 0 Å². The van der Waals surface area contributed by atoms with Crippen molar-refractivity contribution in [2.75, 3.05) is 18.9 Å². The number of carbonyl (C=O) groups is 1. The second-order valence-corrected chi connectivity index (χ2v) is 8.23. The quantitative estimate of drug-likeness (QED) is 0.761. The third kappa shape index (κ3) is 3.87. The Labute approximate surface area is 169 Å². The van der Waals surface area contributed by atoms with Gasteiger partial charge in [-0.2, -0.15) is 0 Å². The fourth-order valence-electron chi connectivity index (χ4n) is 3.35. The first-order valence-electron chi connectivity index (χ1n) is 9.64. The molecule has 1 fully saturated rings. The first-order chi connectivity index (χ1) is 13.6. The molecule has 146 valence electrons. The number of nitrogens with zero attached hydrogens (tertiary/aromatic N) is 2. The molecule has 1 amide bonds. The lowest BCUT2D eigenvalue weighted by atomic mass is 10.0. The predicted octanol–water partition coefficient (Wildman–Crippen LogP) is 4.60. The van der Waals surface area contributed by atoms with E-state index in [1.54, 1.807) is 16.7 Å². The van der Waals surface area contributed by atoms with Gasteiger partial charge in [-0.1, -0.05) is 55.9 Å². The Morgan fingerprint density at radius 2 is 1.89 bits per heavy atom. The van der Waals surface area contributed by atoms with E-state index in [2.05, 4.69) is 19.9 Å². The van der Waals surface area contributed by atoms with Gasteiger partial charge in [0.15, 0.2) is 16.7 Å². The van der Waals surface area contributed by atoms with Crippen molar-refractivity contribution in [3.63, 3.8) is 0 Å². The summed E-state index contributed by atoms with van der Waals surface area (Å²) in [6.07, 6.45) is 0.282. The fourth-order valence-corrected chi connectivity index (χ4v) is 4.31. The molecule has 0 aromatic heterocycles. The zero-order valence-corrected chi connectivity index (χ0v) is 16.9. The highest BCUT2D eigenvalue weighted by molar-refractivity contribution is 8.13. The van der Waals surface area contributed by atoms with Crippen LogP contribution in [0.15, 0.2) is 53.5 Å². The van der Waals surface area contributed by atoms with Gasteiger partial charge in [0.05, 0.1) is 5.69 Å². The van der Waals surface area contributed by atoms with E-state index in [1.807, 2.05) is 42.5 Å². The number of ether oxygens (including phenoxy) is 2. The van der Waals surface area contributed by atoms with Gasteiger partial charge in [0.25, 0.3) is 5.91 Å². The summed E-state index contributed by atoms with van der Waals surface area (Å²) in [5.41, 5.74) is 2.10. The lowest BCUT2D eigenvalue weighted by molar-refractivity contribution is -0.137. The monoisotopic (exact) mass is 396 g/mol. The predicted molar refractivity (Wildman–Crippen MR) is 113 cm³/mol. The van der Waals surface area contributed by atoms with Crippen LogP contribution < -0.4 is 9.47 Å².